The molecular formula is C8H9NO2. The van der Waals surface area contributed by atoms with Gasteiger partial charge in [0.15, 0.2) is 0 Å². The summed E-state index contributed by atoms with van der Waals surface area (Å²) in [7, 11) is 0. The van der Waals surface area contributed by atoms with E-state index in [0.29, 0.717) is 12.0 Å². The first-order chi connectivity index (χ1) is 5.34. The summed E-state index contributed by atoms with van der Waals surface area (Å²) in [6, 6.07) is 5.22. The van der Waals surface area contributed by atoms with Crippen molar-refractivity contribution in [3.8, 4) is 0 Å². The predicted octanol–water partition coefficient (Wildman–Crippen LogP) is 0.704. The van der Waals surface area contributed by atoms with E-state index >= 15 is 0 Å². The third-order valence-electron chi connectivity index (χ3n) is 1.35. The van der Waals surface area contributed by atoms with Crippen LogP contribution in [0.1, 0.15) is 18.2 Å². The molecule has 0 aliphatic heterocycles. The molecule has 1 aromatic rings. The molecular weight excluding hydrogens is 142 g/mol. The number of carbonyl (C=O) groups excluding carboxylic acids is 1. The Bertz CT molecular complexity index is 223. The van der Waals surface area contributed by atoms with E-state index in [4.69, 9.17) is 0 Å². The number of nitrogens with zero attached hydrogens (tertiary/aromatic N) is 1. The van der Waals surface area contributed by atoms with E-state index in [1.54, 1.807) is 24.4 Å². The van der Waals surface area contributed by atoms with Gasteiger partial charge >= 0.3 is 0 Å². The molecule has 0 aliphatic carbocycles. The van der Waals surface area contributed by atoms with Gasteiger partial charge in [-0.15, -0.1) is 0 Å². The average molecular weight is 151 g/mol. The van der Waals surface area contributed by atoms with E-state index in [1.807, 2.05) is 0 Å². The molecule has 58 valence electrons. The van der Waals surface area contributed by atoms with Crippen LogP contribution in [0.3, 0.4) is 0 Å². The molecule has 1 atom stereocenters. The lowest BCUT2D eigenvalue weighted by Gasteiger charge is -2.03. The minimum atomic E-state index is -0.756. The summed E-state index contributed by atoms with van der Waals surface area (Å²) in [5, 5.41) is 9.23. The van der Waals surface area contributed by atoms with Crippen LogP contribution in [0, 0.1) is 0 Å². The smallest absolute Gasteiger partial charge is 0.122 e. The van der Waals surface area contributed by atoms with Crippen molar-refractivity contribution < 1.29 is 9.90 Å². The molecule has 0 saturated carbocycles. The van der Waals surface area contributed by atoms with Crippen LogP contribution in [0.4, 0.5) is 0 Å². The molecule has 0 spiro atoms. The monoisotopic (exact) mass is 151 g/mol. The van der Waals surface area contributed by atoms with E-state index in [-0.39, 0.29) is 6.42 Å². The summed E-state index contributed by atoms with van der Waals surface area (Å²) >= 11 is 0. The van der Waals surface area contributed by atoms with Crippen molar-refractivity contribution in [2.45, 2.75) is 12.5 Å². The third-order valence-corrected chi connectivity index (χ3v) is 1.35. The van der Waals surface area contributed by atoms with Crippen LogP contribution in [0.15, 0.2) is 24.4 Å². The molecule has 0 aromatic carbocycles. The molecule has 11 heavy (non-hydrogen) atoms. The number of carbonyl (C=O) groups is 1. The number of aldehydes is 1. The number of aliphatic hydroxyl groups excluding tert-OH is 1. The van der Waals surface area contributed by atoms with Gasteiger partial charge in [-0.3, -0.25) is 4.98 Å². The van der Waals surface area contributed by atoms with Crippen LogP contribution in [-0.2, 0) is 4.79 Å². The molecule has 3 heteroatoms. The molecule has 1 N–H and O–H groups in total. The van der Waals surface area contributed by atoms with Gasteiger partial charge in [0.1, 0.15) is 12.4 Å². The van der Waals surface area contributed by atoms with E-state index in [1.165, 1.54) is 0 Å². The first kappa shape index (κ1) is 7.88. The van der Waals surface area contributed by atoms with Crippen LogP contribution < -0.4 is 0 Å². The van der Waals surface area contributed by atoms with Crippen molar-refractivity contribution in [2.75, 3.05) is 0 Å². The minimum absolute atomic E-state index is 0.108. The van der Waals surface area contributed by atoms with Crippen molar-refractivity contribution in [3.63, 3.8) is 0 Å². The SMILES string of the molecule is O=CCC(O)c1ccccn1. The molecule has 1 aromatic heterocycles. The van der Waals surface area contributed by atoms with E-state index < -0.39 is 6.10 Å². The van der Waals surface area contributed by atoms with Crippen molar-refractivity contribution in [3.05, 3.63) is 30.1 Å². The van der Waals surface area contributed by atoms with E-state index in [0.717, 1.165) is 0 Å². The number of aliphatic hydroxyl groups is 1. The summed E-state index contributed by atoms with van der Waals surface area (Å²) in [6.07, 6.45) is 1.62. The lowest BCUT2D eigenvalue weighted by Crippen LogP contribution is -1.99. The molecule has 0 amide bonds. The first-order valence-corrected chi connectivity index (χ1v) is 3.37. The van der Waals surface area contributed by atoms with Gasteiger partial charge in [-0.25, -0.2) is 0 Å². The molecule has 0 radical (unpaired) electrons. The highest BCUT2D eigenvalue weighted by atomic mass is 16.3. The van der Waals surface area contributed by atoms with Crippen LogP contribution in [0.2, 0.25) is 0 Å². The van der Waals surface area contributed by atoms with Crippen LogP contribution in [0.5, 0.6) is 0 Å². The fraction of sp³-hybridized carbons (Fsp3) is 0.250. The molecule has 0 aliphatic rings. The number of pyridine rings is 1. The Kier molecular flexibility index (Phi) is 2.74. The van der Waals surface area contributed by atoms with Crippen LogP contribution in [-0.4, -0.2) is 16.4 Å². The summed E-state index contributed by atoms with van der Waals surface area (Å²) < 4.78 is 0. The summed E-state index contributed by atoms with van der Waals surface area (Å²) in [5.41, 5.74) is 0.541. The third kappa shape index (κ3) is 2.13. The molecule has 1 unspecified atom stereocenters. The zero-order valence-corrected chi connectivity index (χ0v) is 5.97. The van der Waals surface area contributed by atoms with Gasteiger partial charge in [-0.05, 0) is 12.1 Å². The van der Waals surface area contributed by atoms with Gasteiger partial charge in [0.2, 0.25) is 0 Å². The fourth-order valence-corrected chi connectivity index (χ4v) is 0.785. The Balaban J connectivity index is 2.68. The van der Waals surface area contributed by atoms with Gasteiger partial charge in [-0.2, -0.15) is 0 Å². The van der Waals surface area contributed by atoms with Gasteiger partial charge in [0.05, 0.1) is 5.69 Å². The second-order valence-electron chi connectivity index (χ2n) is 2.17. The van der Waals surface area contributed by atoms with E-state index in [9.17, 15) is 9.90 Å². The highest BCUT2D eigenvalue weighted by Gasteiger charge is 2.05. The van der Waals surface area contributed by atoms with Crippen molar-refractivity contribution in [1.29, 1.82) is 0 Å². The largest absolute Gasteiger partial charge is 0.386 e. The highest BCUT2D eigenvalue weighted by molar-refractivity contribution is 5.50. The lowest BCUT2D eigenvalue weighted by molar-refractivity contribution is -0.109. The topological polar surface area (TPSA) is 50.2 Å². The number of rotatable bonds is 3. The predicted molar refractivity (Wildman–Crippen MR) is 39.9 cm³/mol. The molecule has 0 bridgehead atoms. The Morgan fingerprint density at radius 2 is 2.45 bits per heavy atom. The number of hydrogen-bond donors (Lipinski definition) is 1. The van der Waals surface area contributed by atoms with Crippen LogP contribution >= 0.6 is 0 Å². The Morgan fingerprint density at radius 3 is 3.00 bits per heavy atom. The van der Waals surface area contributed by atoms with Crippen molar-refractivity contribution in [2.24, 2.45) is 0 Å². The average Bonchev–Trinajstić information content (AvgIpc) is 2.07. The maximum Gasteiger partial charge on any atom is 0.122 e. The summed E-state index contributed by atoms with van der Waals surface area (Å²) in [4.78, 5) is 13.9. The van der Waals surface area contributed by atoms with Gasteiger partial charge in [0, 0.05) is 12.6 Å². The van der Waals surface area contributed by atoms with Gasteiger partial charge < -0.3 is 9.90 Å². The number of aromatic nitrogens is 1. The normalized spacial score (nSPS) is 12.5. The maximum absolute atomic E-state index is 10.0. The van der Waals surface area contributed by atoms with E-state index in [2.05, 4.69) is 4.98 Å². The molecule has 1 heterocycles. The molecule has 0 saturated heterocycles. The first-order valence-electron chi connectivity index (χ1n) is 3.37. The Morgan fingerprint density at radius 1 is 1.64 bits per heavy atom. The summed E-state index contributed by atoms with van der Waals surface area (Å²) in [6.45, 7) is 0. The van der Waals surface area contributed by atoms with Crippen molar-refractivity contribution in [1.82, 2.24) is 4.98 Å². The second kappa shape index (κ2) is 3.83. The zero-order valence-electron chi connectivity index (χ0n) is 5.97. The quantitative estimate of drug-likeness (QED) is 0.647. The molecule has 0 fully saturated rings. The van der Waals surface area contributed by atoms with Crippen LogP contribution in [0.25, 0.3) is 0 Å². The molecule has 3 nitrogen and oxygen atoms in total. The Hall–Kier alpha value is -1.22. The zero-order chi connectivity index (χ0) is 8.10. The van der Waals surface area contributed by atoms with Gasteiger partial charge in [-0.1, -0.05) is 6.07 Å². The Labute approximate surface area is 64.7 Å². The molecule has 1 rings (SSSR count). The maximum atomic E-state index is 10.0. The van der Waals surface area contributed by atoms with Crippen molar-refractivity contribution >= 4 is 6.29 Å². The van der Waals surface area contributed by atoms with Gasteiger partial charge in [0.25, 0.3) is 0 Å². The highest BCUT2D eigenvalue weighted by Crippen LogP contribution is 2.10. The minimum Gasteiger partial charge on any atom is -0.386 e. The second-order valence-corrected chi connectivity index (χ2v) is 2.17. The summed E-state index contributed by atoms with van der Waals surface area (Å²) in [5.74, 6) is 0. The lowest BCUT2D eigenvalue weighted by atomic mass is 10.2. The fourth-order valence-electron chi connectivity index (χ4n) is 0.785. The number of hydrogen-bond acceptors (Lipinski definition) is 3. The standard InChI is InChI=1S/C8H9NO2/c10-6-4-8(11)7-3-1-2-5-9-7/h1-3,5-6,8,11H,4H2.